The monoisotopic (exact) mass is 464 g/mol. The zero-order valence-corrected chi connectivity index (χ0v) is 19.2. The van der Waals surface area contributed by atoms with Crippen molar-refractivity contribution in [3.05, 3.63) is 65.8 Å². The Morgan fingerprint density at radius 3 is 2.39 bits per heavy atom. The molecule has 33 heavy (non-hydrogen) atoms. The van der Waals surface area contributed by atoms with Crippen LogP contribution in [0.5, 0.6) is 0 Å². The number of carbonyl (C=O) groups is 3. The smallest absolute Gasteiger partial charge is 0.265 e. The molecule has 0 bridgehead atoms. The van der Waals surface area contributed by atoms with Crippen LogP contribution in [0.15, 0.2) is 58.8 Å². The summed E-state index contributed by atoms with van der Waals surface area (Å²) < 4.78 is 7.05. The molecule has 0 atom stereocenters. The molecule has 1 fully saturated rings. The van der Waals surface area contributed by atoms with Crippen LogP contribution in [-0.4, -0.2) is 50.3 Å². The minimum atomic E-state index is -0.412. The fraction of sp³-hybridized carbons (Fsp3) is 0.250. The van der Waals surface area contributed by atoms with Crippen LogP contribution >= 0.6 is 12.2 Å². The van der Waals surface area contributed by atoms with Crippen molar-refractivity contribution < 1.29 is 18.8 Å². The number of hydrogen-bond acceptors (Lipinski definition) is 5. The van der Waals surface area contributed by atoms with Crippen molar-refractivity contribution in [2.45, 2.75) is 26.9 Å². The first kappa shape index (κ1) is 22.5. The van der Waals surface area contributed by atoms with Crippen LogP contribution in [0.1, 0.15) is 25.2 Å². The number of benzene rings is 1. The summed E-state index contributed by atoms with van der Waals surface area (Å²) in [5.74, 6) is -0.342. The van der Waals surface area contributed by atoms with E-state index in [4.69, 9.17) is 16.6 Å². The van der Waals surface area contributed by atoms with Crippen LogP contribution in [0.2, 0.25) is 0 Å². The van der Waals surface area contributed by atoms with Crippen molar-refractivity contribution in [1.29, 1.82) is 0 Å². The lowest BCUT2D eigenvalue weighted by Gasteiger charge is -2.35. The molecule has 1 aromatic carbocycles. The minimum absolute atomic E-state index is 0.0532. The highest BCUT2D eigenvalue weighted by molar-refractivity contribution is 7.80. The number of para-hydroxylation sites is 1. The minimum Gasteiger partial charge on any atom is -0.467 e. The molecular weight excluding hydrogens is 440 g/mol. The molecule has 0 spiro atoms. The molecule has 8 nitrogen and oxygen atoms in total. The van der Waals surface area contributed by atoms with Crippen LogP contribution in [0.25, 0.3) is 17.0 Å². The number of furan rings is 1. The molecule has 0 aliphatic carbocycles. The molecule has 170 valence electrons. The molecule has 1 aliphatic heterocycles. The fourth-order valence-electron chi connectivity index (χ4n) is 3.87. The lowest BCUT2D eigenvalue weighted by atomic mass is 10.1. The van der Waals surface area contributed by atoms with Gasteiger partial charge in [-0.1, -0.05) is 18.2 Å². The number of likely N-dealkylation sites (N-methyl/N-ethyl adjacent to an activating group) is 2. The lowest BCUT2D eigenvalue weighted by molar-refractivity contribution is -0.133. The van der Waals surface area contributed by atoms with E-state index in [-0.39, 0.29) is 23.1 Å². The lowest BCUT2D eigenvalue weighted by Crippen LogP contribution is -2.55. The number of rotatable bonds is 7. The van der Waals surface area contributed by atoms with E-state index in [1.807, 2.05) is 38.1 Å². The molecule has 3 amide bonds. The molecule has 4 rings (SSSR count). The third-order valence-corrected chi connectivity index (χ3v) is 5.96. The quantitative estimate of drug-likeness (QED) is 0.330. The van der Waals surface area contributed by atoms with Gasteiger partial charge in [0.15, 0.2) is 5.11 Å². The predicted molar refractivity (Wildman–Crippen MR) is 128 cm³/mol. The van der Waals surface area contributed by atoms with Gasteiger partial charge in [0.05, 0.1) is 12.8 Å². The van der Waals surface area contributed by atoms with Gasteiger partial charge in [-0.05, 0) is 50.3 Å². The molecule has 1 saturated heterocycles. The Bertz CT molecular complexity index is 1230. The summed E-state index contributed by atoms with van der Waals surface area (Å²) in [6.45, 7) is 4.76. The van der Waals surface area contributed by atoms with Crippen LogP contribution in [-0.2, 0) is 27.5 Å². The Morgan fingerprint density at radius 1 is 1.06 bits per heavy atom. The highest BCUT2D eigenvalue weighted by Crippen LogP contribution is 2.26. The van der Waals surface area contributed by atoms with E-state index in [1.54, 1.807) is 35.2 Å². The van der Waals surface area contributed by atoms with Gasteiger partial charge in [0, 0.05) is 35.8 Å². The van der Waals surface area contributed by atoms with E-state index in [2.05, 4.69) is 5.32 Å². The molecule has 0 unspecified atom stereocenters. The molecule has 0 saturated carbocycles. The van der Waals surface area contributed by atoms with Crippen molar-refractivity contribution in [3.63, 3.8) is 0 Å². The number of carbonyl (C=O) groups excluding carboxylic acids is 3. The Balaban J connectivity index is 1.66. The summed E-state index contributed by atoms with van der Waals surface area (Å²) in [5.41, 5.74) is 1.56. The van der Waals surface area contributed by atoms with Gasteiger partial charge >= 0.3 is 0 Å². The number of thiocarbonyl (C=S) groups is 1. The molecule has 3 aromatic rings. The second-order valence-corrected chi connectivity index (χ2v) is 7.89. The maximum absolute atomic E-state index is 13.0. The van der Waals surface area contributed by atoms with Gasteiger partial charge in [0.2, 0.25) is 5.91 Å². The molecule has 9 heteroatoms. The Kier molecular flexibility index (Phi) is 6.41. The van der Waals surface area contributed by atoms with Crippen molar-refractivity contribution in [1.82, 2.24) is 19.7 Å². The van der Waals surface area contributed by atoms with Gasteiger partial charge in [0.1, 0.15) is 17.9 Å². The topological polar surface area (TPSA) is 87.8 Å². The van der Waals surface area contributed by atoms with Gasteiger partial charge in [-0.25, -0.2) is 0 Å². The van der Waals surface area contributed by atoms with Crippen LogP contribution < -0.4 is 5.32 Å². The summed E-state index contributed by atoms with van der Waals surface area (Å²) in [6, 6.07) is 11.1. The van der Waals surface area contributed by atoms with Crippen LogP contribution in [0.3, 0.4) is 0 Å². The third-order valence-electron chi connectivity index (χ3n) is 5.52. The van der Waals surface area contributed by atoms with Crippen molar-refractivity contribution in [2.75, 3.05) is 13.1 Å². The summed E-state index contributed by atoms with van der Waals surface area (Å²) in [5, 5.41) is 3.89. The van der Waals surface area contributed by atoms with Crippen LogP contribution in [0, 0.1) is 0 Å². The Morgan fingerprint density at radius 2 is 1.76 bits per heavy atom. The van der Waals surface area contributed by atoms with E-state index in [0.717, 1.165) is 10.9 Å². The second-order valence-electron chi connectivity index (χ2n) is 7.52. The summed E-state index contributed by atoms with van der Waals surface area (Å²) in [7, 11) is 0. The SMILES string of the molecule is CCN1C(=O)C(=Cc2cn(CC(=O)NCc3ccco3)c3ccccc23)C(=O)N(CC)C1=S. The first-order valence-electron chi connectivity index (χ1n) is 10.7. The number of aromatic nitrogens is 1. The average molecular weight is 465 g/mol. The van der Waals surface area contributed by atoms with Gasteiger partial charge < -0.3 is 14.3 Å². The molecule has 3 heterocycles. The number of nitrogens with one attached hydrogen (secondary N) is 1. The zero-order chi connectivity index (χ0) is 23.5. The van der Waals surface area contributed by atoms with E-state index in [1.165, 1.54) is 9.80 Å². The van der Waals surface area contributed by atoms with Crippen molar-refractivity contribution >= 4 is 52.0 Å². The maximum Gasteiger partial charge on any atom is 0.265 e. The normalized spacial score (nSPS) is 14.4. The maximum atomic E-state index is 13.0. The Hall–Kier alpha value is -3.72. The number of hydrogen-bond donors (Lipinski definition) is 1. The first-order chi connectivity index (χ1) is 15.9. The molecule has 0 radical (unpaired) electrons. The molecule has 1 aliphatic rings. The Labute approximate surface area is 196 Å². The first-order valence-corrected chi connectivity index (χ1v) is 11.1. The van der Waals surface area contributed by atoms with Crippen LogP contribution in [0.4, 0.5) is 0 Å². The summed E-state index contributed by atoms with van der Waals surface area (Å²) in [6.07, 6.45) is 4.93. The van der Waals surface area contributed by atoms with E-state index >= 15 is 0 Å². The summed E-state index contributed by atoms with van der Waals surface area (Å²) >= 11 is 5.33. The molecular formula is C24H24N4O4S. The van der Waals surface area contributed by atoms with Gasteiger partial charge in [-0.3, -0.25) is 24.2 Å². The number of nitrogens with zero attached hydrogens (tertiary/aromatic N) is 3. The van der Waals surface area contributed by atoms with Gasteiger partial charge in [-0.15, -0.1) is 0 Å². The third kappa shape index (κ3) is 4.31. The van der Waals surface area contributed by atoms with E-state index in [9.17, 15) is 14.4 Å². The van der Waals surface area contributed by atoms with Crippen molar-refractivity contribution in [2.24, 2.45) is 0 Å². The highest BCUT2D eigenvalue weighted by atomic mass is 32.1. The highest BCUT2D eigenvalue weighted by Gasteiger charge is 2.38. The van der Waals surface area contributed by atoms with E-state index in [0.29, 0.717) is 31.0 Å². The van der Waals surface area contributed by atoms with Gasteiger partial charge in [-0.2, -0.15) is 0 Å². The van der Waals surface area contributed by atoms with E-state index < -0.39 is 11.8 Å². The second kappa shape index (κ2) is 9.41. The number of fused-ring (bicyclic) bond motifs is 1. The standard InChI is InChI=1S/C24H24N4O4S/c1-3-27-22(30)19(23(31)28(4-2)24(27)33)12-16-14-26(20-10-6-5-9-18(16)20)15-21(29)25-13-17-8-7-11-32-17/h5-12,14H,3-4,13,15H2,1-2H3,(H,25,29). The number of amides is 3. The molecule has 1 N–H and O–H groups in total. The van der Waals surface area contributed by atoms with Gasteiger partial charge in [0.25, 0.3) is 11.8 Å². The zero-order valence-electron chi connectivity index (χ0n) is 18.4. The average Bonchev–Trinajstić information content (AvgIpc) is 3.44. The van der Waals surface area contributed by atoms with Crippen molar-refractivity contribution in [3.8, 4) is 0 Å². The summed E-state index contributed by atoms with van der Waals surface area (Å²) in [4.78, 5) is 41.4. The molecule has 2 aromatic heterocycles. The largest absolute Gasteiger partial charge is 0.467 e. The predicted octanol–water partition coefficient (Wildman–Crippen LogP) is 2.93. The fourth-order valence-corrected chi connectivity index (χ4v) is 4.29.